The summed E-state index contributed by atoms with van der Waals surface area (Å²) >= 11 is 0. The van der Waals surface area contributed by atoms with Crippen molar-refractivity contribution in [2.75, 3.05) is 19.7 Å². The van der Waals surface area contributed by atoms with Crippen LogP contribution >= 0.6 is 0 Å². The molecule has 0 bridgehead atoms. The molecule has 0 aromatic carbocycles. The van der Waals surface area contributed by atoms with Crippen LogP contribution in [0.3, 0.4) is 0 Å². The van der Waals surface area contributed by atoms with Gasteiger partial charge in [0.15, 0.2) is 0 Å². The molecule has 2 heterocycles. The van der Waals surface area contributed by atoms with E-state index in [-0.39, 0.29) is 31.0 Å². The van der Waals surface area contributed by atoms with Crippen LogP contribution in [0.2, 0.25) is 0 Å². The van der Waals surface area contributed by atoms with Crippen molar-refractivity contribution in [3.63, 3.8) is 0 Å². The van der Waals surface area contributed by atoms with Crippen LogP contribution in [0.25, 0.3) is 0 Å². The Morgan fingerprint density at radius 2 is 2.40 bits per heavy atom. The number of amides is 1. The number of morpholine rings is 1. The van der Waals surface area contributed by atoms with Gasteiger partial charge in [-0.2, -0.15) is 4.68 Å². The van der Waals surface area contributed by atoms with Crippen molar-refractivity contribution in [2.24, 2.45) is 0 Å². The maximum atomic E-state index is 12.1. The minimum atomic E-state index is -0.612. The third-order valence-electron chi connectivity index (χ3n) is 2.99. The summed E-state index contributed by atoms with van der Waals surface area (Å²) in [4.78, 5) is 23.6. The fourth-order valence-corrected chi connectivity index (χ4v) is 2.12. The number of aromatic nitrogens is 2. The molecule has 110 valence electrons. The van der Waals surface area contributed by atoms with Crippen LogP contribution in [-0.4, -0.2) is 62.5 Å². The number of rotatable bonds is 4. The van der Waals surface area contributed by atoms with Gasteiger partial charge in [0.1, 0.15) is 6.54 Å². The Bertz CT molecular complexity index is 503. The highest BCUT2D eigenvalue weighted by molar-refractivity contribution is 5.76. The van der Waals surface area contributed by atoms with Crippen LogP contribution in [0.1, 0.15) is 6.92 Å². The lowest BCUT2D eigenvalue weighted by atomic mass is 10.2. The van der Waals surface area contributed by atoms with E-state index in [2.05, 4.69) is 5.10 Å². The van der Waals surface area contributed by atoms with Gasteiger partial charge in [-0.05, 0) is 11.8 Å². The smallest absolute Gasteiger partial charge is 0.389 e. The van der Waals surface area contributed by atoms with Crippen molar-refractivity contribution in [3.8, 4) is 0 Å². The lowest BCUT2D eigenvalue weighted by Gasteiger charge is -2.35. The molecule has 0 saturated carbocycles. The Morgan fingerprint density at radius 3 is 3.00 bits per heavy atom. The molecular weight excluding hydrogens is 268 g/mol. The first kappa shape index (κ1) is 14.4. The summed E-state index contributed by atoms with van der Waals surface area (Å²) in [6.45, 7) is 2.34. The van der Waals surface area contributed by atoms with Gasteiger partial charge in [-0.1, -0.05) is 0 Å². The van der Waals surface area contributed by atoms with Gasteiger partial charge in [0.2, 0.25) is 5.91 Å². The minimum absolute atomic E-state index is 0.0707. The summed E-state index contributed by atoms with van der Waals surface area (Å²) < 4.78 is 6.68. The molecular formula is C11H16N4O5. The molecule has 20 heavy (non-hydrogen) atoms. The number of aliphatic hydroxyl groups is 1. The number of carbonyl (C=O) groups excluding carboxylic acids is 1. The zero-order valence-corrected chi connectivity index (χ0v) is 11.0. The number of carbonyl (C=O) groups is 1. The Hall–Kier alpha value is -2.00. The molecule has 1 aromatic heterocycles. The van der Waals surface area contributed by atoms with Gasteiger partial charge < -0.3 is 24.9 Å². The van der Waals surface area contributed by atoms with Crippen LogP contribution in [0, 0.1) is 10.1 Å². The van der Waals surface area contributed by atoms with Crippen molar-refractivity contribution >= 4 is 11.7 Å². The predicted molar refractivity (Wildman–Crippen MR) is 66.9 cm³/mol. The molecule has 1 aliphatic heterocycles. The molecule has 9 nitrogen and oxygen atoms in total. The Morgan fingerprint density at radius 1 is 1.65 bits per heavy atom. The van der Waals surface area contributed by atoms with Crippen molar-refractivity contribution < 1.29 is 19.6 Å². The SMILES string of the molecule is CC1CN(C(=O)Cn2ccc([N+](=O)[O-])n2)CC(CO)O1. The Labute approximate surface area is 114 Å². The summed E-state index contributed by atoms with van der Waals surface area (Å²) in [6, 6.07) is 1.24. The first-order chi connectivity index (χ1) is 9.49. The number of nitrogens with zero attached hydrogens (tertiary/aromatic N) is 4. The van der Waals surface area contributed by atoms with Gasteiger partial charge in [0.05, 0.1) is 36.2 Å². The van der Waals surface area contributed by atoms with Crippen molar-refractivity contribution in [2.45, 2.75) is 25.7 Å². The topological polar surface area (TPSA) is 111 Å². The number of nitro groups is 1. The highest BCUT2D eigenvalue weighted by Crippen LogP contribution is 2.12. The molecule has 2 atom stereocenters. The number of hydrogen-bond acceptors (Lipinski definition) is 6. The molecule has 9 heteroatoms. The summed E-state index contributed by atoms with van der Waals surface area (Å²) in [6.07, 6.45) is 0.843. The standard InChI is InChI=1S/C11H16N4O5/c1-8-4-13(5-9(7-16)20-8)11(17)6-14-3-2-10(12-14)15(18)19/h2-3,8-9,16H,4-7H2,1H3. The van der Waals surface area contributed by atoms with Crippen LogP contribution in [0.5, 0.6) is 0 Å². The fraction of sp³-hybridized carbons (Fsp3) is 0.636. The first-order valence-corrected chi connectivity index (χ1v) is 6.21. The second kappa shape index (κ2) is 5.97. The lowest BCUT2D eigenvalue weighted by molar-refractivity contribution is -0.389. The number of ether oxygens (including phenoxy) is 1. The predicted octanol–water partition coefficient (Wildman–Crippen LogP) is -0.601. The molecule has 0 spiro atoms. The molecule has 1 amide bonds. The Balaban J connectivity index is 1.98. The molecule has 1 N–H and O–H groups in total. The van der Waals surface area contributed by atoms with Crippen LogP contribution < -0.4 is 0 Å². The highest BCUT2D eigenvalue weighted by atomic mass is 16.6. The average molecular weight is 284 g/mol. The van der Waals surface area contributed by atoms with E-state index in [0.717, 1.165) is 0 Å². The van der Waals surface area contributed by atoms with Gasteiger partial charge in [-0.25, -0.2) is 0 Å². The van der Waals surface area contributed by atoms with E-state index in [1.54, 1.807) is 4.90 Å². The van der Waals surface area contributed by atoms with Crippen molar-refractivity contribution in [3.05, 3.63) is 22.4 Å². The molecule has 0 radical (unpaired) electrons. The van der Waals surface area contributed by atoms with Crippen LogP contribution in [0.4, 0.5) is 5.82 Å². The first-order valence-electron chi connectivity index (χ1n) is 6.21. The fourth-order valence-electron chi connectivity index (χ4n) is 2.12. The van der Waals surface area contributed by atoms with E-state index >= 15 is 0 Å². The summed E-state index contributed by atoms with van der Waals surface area (Å²) in [5.74, 6) is -0.502. The van der Waals surface area contributed by atoms with Crippen molar-refractivity contribution in [1.29, 1.82) is 0 Å². The summed E-state index contributed by atoms with van der Waals surface area (Å²) in [5, 5.41) is 23.3. The van der Waals surface area contributed by atoms with E-state index in [1.165, 1.54) is 16.9 Å². The average Bonchev–Trinajstić information content (AvgIpc) is 2.86. The molecule has 1 saturated heterocycles. The monoisotopic (exact) mass is 284 g/mol. The molecule has 2 unspecified atom stereocenters. The van der Waals surface area contributed by atoms with Gasteiger partial charge in [-0.15, -0.1) is 0 Å². The maximum absolute atomic E-state index is 12.1. The molecule has 1 aliphatic rings. The van der Waals surface area contributed by atoms with Gasteiger partial charge in [-0.3, -0.25) is 4.79 Å². The van der Waals surface area contributed by atoms with E-state index in [4.69, 9.17) is 9.84 Å². The van der Waals surface area contributed by atoms with Gasteiger partial charge in [0, 0.05) is 13.1 Å². The highest BCUT2D eigenvalue weighted by Gasteiger charge is 2.28. The molecule has 1 fully saturated rings. The second-order valence-electron chi connectivity index (χ2n) is 4.68. The summed E-state index contributed by atoms with van der Waals surface area (Å²) in [7, 11) is 0. The number of hydrogen-bond donors (Lipinski definition) is 1. The third kappa shape index (κ3) is 3.31. The summed E-state index contributed by atoms with van der Waals surface area (Å²) in [5.41, 5.74) is 0. The van der Waals surface area contributed by atoms with Gasteiger partial charge in [0.25, 0.3) is 0 Å². The minimum Gasteiger partial charge on any atom is -0.394 e. The third-order valence-corrected chi connectivity index (χ3v) is 2.99. The normalized spacial score (nSPS) is 22.8. The molecule has 0 aliphatic carbocycles. The zero-order chi connectivity index (χ0) is 14.7. The number of aliphatic hydroxyl groups excluding tert-OH is 1. The van der Waals surface area contributed by atoms with Crippen molar-refractivity contribution in [1.82, 2.24) is 14.7 Å². The van der Waals surface area contributed by atoms with E-state index in [9.17, 15) is 14.9 Å². The zero-order valence-electron chi connectivity index (χ0n) is 11.0. The van der Waals surface area contributed by atoms with Crippen LogP contribution in [-0.2, 0) is 16.1 Å². The lowest BCUT2D eigenvalue weighted by Crippen LogP contribution is -2.51. The Kier molecular flexibility index (Phi) is 4.30. The van der Waals surface area contributed by atoms with E-state index < -0.39 is 11.0 Å². The quantitative estimate of drug-likeness (QED) is 0.584. The largest absolute Gasteiger partial charge is 0.394 e. The van der Waals surface area contributed by atoms with Gasteiger partial charge >= 0.3 is 5.82 Å². The second-order valence-corrected chi connectivity index (χ2v) is 4.68. The van der Waals surface area contributed by atoms with Crippen LogP contribution in [0.15, 0.2) is 12.3 Å². The van der Waals surface area contributed by atoms with E-state index in [0.29, 0.717) is 13.1 Å². The van der Waals surface area contributed by atoms with E-state index in [1.807, 2.05) is 6.92 Å². The maximum Gasteiger partial charge on any atom is 0.389 e. The molecule has 1 aromatic rings. The molecule has 2 rings (SSSR count).